The van der Waals surface area contributed by atoms with Gasteiger partial charge in [0.2, 0.25) is 10.0 Å². The van der Waals surface area contributed by atoms with E-state index in [1.165, 1.54) is 6.08 Å². The second-order valence-corrected chi connectivity index (χ2v) is 5.19. The van der Waals surface area contributed by atoms with Crippen LogP contribution < -0.4 is 5.32 Å². The molecule has 8 heteroatoms. The van der Waals surface area contributed by atoms with Gasteiger partial charge in [-0.1, -0.05) is 6.08 Å². The molecule has 0 aliphatic carbocycles. The first-order valence-corrected chi connectivity index (χ1v) is 6.33. The first-order valence-electron chi connectivity index (χ1n) is 4.48. The summed E-state index contributed by atoms with van der Waals surface area (Å²) in [7, 11) is -3.43. The van der Waals surface area contributed by atoms with Crippen molar-refractivity contribution in [2.75, 3.05) is 25.9 Å². The molecule has 0 fully saturated rings. The molecule has 16 heavy (non-hydrogen) atoms. The lowest BCUT2D eigenvalue weighted by molar-refractivity contribution is 0.140. The molecular formula is C8H16N2O5S. The van der Waals surface area contributed by atoms with Crippen molar-refractivity contribution in [3.05, 3.63) is 12.7 Å². The molecular weight excluding hydrogens is 236 g/mol. The maximum Gasteiger partial charge on any atom is 0.404 e. The van der Waals surface area contributed by atoms with Crippen LogP contribution in [0.4, 0.5) is 4.79 Å². The number of sulfonamides is 1. The highest BCUT2D eigenvalue weighted by Crippen LogP contribution is 1.99. The largest absolute Gasteiger partial charge is 0.465 e. The van der Waals surface area contributed by atoms with Gasteiger partial charge in [0.05, 0.1) is 12.4 Å². The van der Waals surface area contributed by atoms with Crippen LogP contribution in [0.3, 0.4) is 0 Å². The fourth-order valence-electron chi connectivity index (χ4n) is 0.994. The van der Waals surface area contributed by atoms with Crippen molar-refractivity contribution < 1.29 is 23.4 Å². The first kappa shape index (κ1) is 14.9. The van der Waals surface area contributed by atoms with Crippen LogP contribution in [0.2, 0.25) is 0 Å². The van der Waals surface area contributed by atoms with Crippen LogP contribution in [-0.4, -0.2) is 61.0 Å². The maximum absolute atomic E-state index is 11.2. The number of carbonyl (C=O) groups is 1. The van der Waals surface area contributed by atoms with E-state index in [2.05, 4.69) is 6.58 Å². The van der Waals surface area contributed by atoms with Gasteiger partial charge in [0.15, 0.2) is 0 Å². The van der Waals surface area contributed by atoms with Crippen LogP contribution in [0, 0.1) is 0 Å². The second-order valence-electron chi connectivity index (χ2n) is 3.21. The summed E-state index contributed by atoms with van der Waals surface area (Å²) in [5, 5.41) is 19.6. The third-order valence-electron chi connectivity index (χ3n) is 1.71. The Morgan fingerprint density at radius 2 is 2.19 bits per heavy atom. The summed E-state index contributed by atoms with van der Waals surface area (Å²) in [6, 6.07) is 0. The first-order chi connectivity index (χ1) is 7.27. The van der Waals surface area contributed by atoms with Gasteiger partial charge in [-0.15, -0.1) is 6.58 Å². The zero-order valence-corrected chi connectivity index (χ0v) is 9.77. The Balaban J connectivity index is 4.29. The van der Waals surface area contributed by atoms with Crippen LogP contribution >= 0.6 is 0 Å². The fraction of sp³-hybridized carbons (Fsp3) is 0.625. The predicted molar refractivity (Wildman–Crippen MR) is 58.6 cm³/mol. The van der Waals surface area contributed by atoms with E-state index in [1.54, 1.807) is 0 Å². The van der Waals surface area contributed by atoms with Gasteiger partial charge in [0.25, 0.3) is 0 Å². The van der Waals surface area contributed by atoms with Gasteiger partial charge in [-0.25, -0.2) is 13.2 Å². The standard InChI is InChI=1S/C8H16N2O5S/c1-3-4-10(16(2,14)15)6-7(11)5-9-8(12)13/h3,7,9,11H,1,4-6H2,2H3,(H,12,13). The van der Waals surface area contributed by atoms with Crippen molar-refractivity contribution in [1.29, 1.82) is 0 Å². The molecule has 0 saturated carbocycles. The molecule has 0 radical (unpaired) electrons. The minimum Gasteiger partial charge on any atom is -0.465 e. The zero-order chi connectivity index (χ0) is 12.8. The monoisotopic (exact) mass is 252 g/mol. The third kappa shape index (κ3) is 6.38. The van der Waals surface area contributed by atoms with Gasteiger partial charge in [-0.05, 0) is 0 Å². The molecule has 0 saturated heterocycles. The second kappa shape index (κ2) is 6.46. The SMILES string of the molecule is C=CCN(CC(O)CNC(=O)O)S(C)(=O)=O. The summed E-state index contributed by atoms with van der Waals surface area (Å²) in [5.41, 5.74) is 0. The van der Waals surface area contributed by atoms with Crippen molar-refractivity contribution in [1.82, 2.24) is 9.62 Å². The molecule has 0 aliphatic heterocycles. The lowest BCUT2D eigenvalue weighted by Crippen LogP contribution is -2.42. The Kier molecular flexibility index (Phi) is 6.01. The summed E-state index contributed by atoms with van der Waals surface area (Å²) in [6.07, 6.45) is 0.0335. The van der Waals surface area contributed by atoms with Crippen LogP contribution in [0.1, 0.15) is 0 Å². The molecule has 1 atom stereocenters. The third-order valence-corrected chi connectivity index (χ3v) is 2.94. The van der Waals surface area contributed by atoms with Gasteiger partial charge in [-0.3, -0.25) is 0 Å². The lowest BCUT2D eigenvalue weighted by Gasteiger charge is -2.21. The Labute approximate surface area is 94.4 Å². The summed E-state index contributed by atoms with van der Waals surface area (Å²) in [4.78, 5) is 10.1. The number of aliphatic hydroxyl groups excluding tert-OH is 1. The molecule has 0 aromatic rings. The van der Waals surface area contributed by atoms with Crippen molar-refractivity contribution in [2.24, 2.45) is 0 Å². The van der Waals surface area contributed by atoms with Gasteiger partial charge in [0, 0.05) is 19.6 Å². The molecule has 0 aromatic carbocycles. The smallest absolute Gasteiger partial charge is 0.404 e. The average Bonchev–Trinajstić information content (AvgIpc) is 2.12. The van der Waals surface area contributed by atoms with E-state index < -0.39 is 22.2 Å². The molecule has 0 rings (SSSR count). The quantitative estimate of drug-likeness (QED) is 0.507. The van der Waals surface area contributed by atoms with E-state index in [0.717, 1.165) is 10.6 Å². The normalized spacial score (nSPS) is 13.4. The summed E-state index contributed by atoms with van der Waals surface area (Å²) in [6.45, 7) is 3.07. The van der Waals surface area contributed by atoms with Crippen LogP contribution in [0.25, 0.3) is 0 Å². The molecule has 0 bridgehead atoms. The van der Waals surface area contributed by atoms with E-state index in [0.29, 0.717) is 0 Å². The minimum absolute atomic E-state index is 0.0724. The lowest BCUT2D eigenvalue weighted by atomic mass is 10.3. The Morgan fingerprint density at radius 1 is 1.62 bits per heavy atom. The molecule has 0 heterocycles. The number of nitrogens with one attached hydrogen (secondary N) is 1. The number of amides is 1. The number of nitrogens with zero attached hydrogens (tertiary/aromatic N) is 1. The highest BCUT2D eigenvalue weighted by atomic mass is 32.2. The summed E-state index contributed by atoms with van der Waals surface area (Å²) in [5.74, 6) is 0. The minimum atomic E-state index is -3.43. The molecule has 1 unspecified atom stereocenters. The van der Waals surface area contributed by atoms with Gasteiger partial charge >= 0.3 is 6.09 Å². The number of hydrogen-bond acceptors (Lipinski definition) is 4. The van der Waals surface area contributed by atoms with Crippen molar-refractivity contribution in [3.8, 4) is 0 Å². The number of aliphatic hydroxyl groups is 1. The molecule has 0 aliphatic rings. The van der Waals surface area contributed by atoms with Crippen molar-refractivity contribution in [3.63, 3.8) is 0 Å². The van der Waals surface area contributed by atoms with E-state index in [4.69, 9.17) is 5.11 Å². The van der Waals surface area contributed by atoms with Crippen LogP contribution in [0.5, 0.6) is 0 Å². The summed E-state index contributed by atoms with van der Waals surface area (Å²) >= 11 is 0. The molecule has 3 N–H and O–H groups in total. The molecule has 1 amide bonds. The number of carboxylic acid groups (broad SMARTS) is 1. The highest BCUT2D eigenvalue weighted by Gasteiger charge is 2.19. The van der Waals surface area contributed by atoms with E-state index in [-0.39, 0.29) is 19.6 Å². The Morgan fingerprint density at radius 3 is 2.56 bits per heavy atom. The predicted octanol–water partition coefficient (Wildman–Crippen LogP) is -0.937. The number of rotatable bonds is 7. The van der Waals surface area contributed by atoms with Crippen molar-refractivity contribution >= 4 is 16.1 Å². The van der Waals surface area contributed by atoms with Gasteiger partial charge in [0.1, 0.15) is 0 Å². The van der Waals surface area contributed by atoms with Gasteiger partial charge < -0.3 is 15.5 Å². The molecule has 7 nitrogen and oxygen atoms in total. The topological polar surface area (TPSA) is 107 Å². The Hall–Kier alpha value is -1.12. The highest BCUT2D eigenvalue weighted by molar-refractivity contribution is 7.88. The van der Waals surface area contributed by atoms with Crippen molar-refractivity contribution in [2.45, 2.75) is 6.10 Å². The maximum atomic E-state index is 11.2. The van der Waals surface area contributed by atoms with E-state index in [1.807, 2.05) is 5.32 Å². The van der Waals surface area contributed by atoms with Crippen LogP contribution in [-0.2, 0) is 10.0 Å². The van der Waals surface area contributed by atoms with Crippen LogP contribution in [0.15, 0.2) is 12.7 Å². The molecule has 0 spiro atoms. The average molecular weight is 252 g/mol. The summed E-state index contributed by atoms with van der Waals surface area (Å²) < 4.78 is 23.5. The number of hydrogen-bond donors (Lipinski definition) is 3. The Bertz CT molecular complexity index is 340. The van der Waals surface area contributed by atoms with Gasteiger partial charge in [-0.2, -0.15) is 4.31 Å². The van der Waals surface area contributed by atoms with E-state index in [9.17, 15) is 18.3 Å². The van der Waals surface area contributed by atoms with E-state index >= 15 is 0 Å². The zero-order valence-electron chi connectivity index (χ0n) is 8.96. The molecule has 0 aromatic heterocycles. The fourth-order valence-corrected chi connectivity index (χ4v) is 1.81. The molecule has 94 valence electrons.